The van der Waals surface area contributed by atoms with Crippen LogP contribution in [0, 0.1) is 23.7 Å². The van der Waals surface area contributed by atoms with E-state index in [2.05, 4.69) is 31.9 Å². The number of allylic oxidation sites excluding steroid dienone is 4. The summed E-state index contributed by atoms with van der Waals surface area (Å²) in [6.07, 6.45) is 4.85. The van der Waals surface area contributed by atoms with Gasteiger partial charge in [0.05, 0.1) is 34.5 Å². The number of Topliss-reactive ketones (excluding diaryl/α,β-unsaturated/α-hetero) is 1. The summed E-state index contributed by atoms with van der Waals surface area (Å²) in [6.45, 7) is 2.05. The fraction of sp³-hybridized carbons (Fsp3) is 0.256. The van der Waals surface area contributed by atoms with Gasteiger partial charge in [0.2, 0.25) is 11.8 Å². The summed E-state index contributed by atoms with van der Waals surface area (Å²) in [5.74, 6) is -4.43. The molecule has 2 fully saturated rings. The van der Waals surface area contributed by atoms with Crippen molar-refractivity contribution in [3.8, 4) is 11.5 Å². The molecule has 52 heavy (non-hydrogen) atoms. The number of hydrogen-bond donors (Lipinski definition) is 1. The highest BCUT2D eigenvalue weighted by molar-refractivity contribution is 9.13. The molecule has 1 aliphatic heterocycles. The number of amides is 2. The van der Waals surface area contributed by atoms with E-state index in [1.165, 1.54) is 18.1 Å². The molecule has 2 amide bonds. The number of rotatable bonds is 6. The number of ether oxygens (including phenoxy) is 1. The summed E-state index contributed by atoms with van der Waals surface area (Å²) in [7, 11) is 1.46. The normalized spacial score (nSPS) is 26.7. The van der Waals surface area contributed by atoms with Gasteiger partial charge in [0.1, 0.15) is 0 Å². The van der Waals surface area contributed by atoms with Gasteiger partial charge >= 0.3 is 0 Å². The largest absolute Gasteiger partial charge is 0.503 e. The molecular formula is C43H35Br2NO6. The summed E-state index contributed by atoms with van der Waals surface area (Å²) in [6, 6.07) is 27.8. The van der Waals surface area contributed by atoms with Crippen LogP contribution in [0.4, 0.5) is 5.69 Å². The molecule has 4 aliphatic rings. The molecule has 4 aromatic rings. The molecule has 0 radical (unpaired) electrons. The van der Waals surface area contributed by atoms with Gasteiger partial charge in [-0.05, 0) is 104 Å². The number of ketones is 2. The maximum absolute atomic E-state index is 15.3. The number of aryl methyl sites for hydroxylation is 1. The fourth-order valence-corrected chi connectivity index (χ4v) is 10.3. The van der Waals surface area contributed by atoms with E-state index in [4.69, 9.17) is 4.74 Å². The Kier molecular flexibility index (Phi) is 8.70. The molecule has 3 aliphatic carbocycles. The number of carbonyl (C=O) groups excluding carboxylic acids is 4. The molecular weight excluding hydrogens is 786 g/mol. The minimum atomic E-state index is -1.42. The van der Waals surface area contributed by atoms with E-state index in [9.17, 15) is 14.7 Å². The summed E-state index contributed by atoms with van der Waals surface area (Å²) in [4.78, 5) is 60.6. The fourth-order valence-electron chi connectivity index (χ4n) is 9.33. The lowest BCUT2D eigenvalue weighted by Crippen LogP contribution is -2.59. The molecule has 6 atom stereocenters. The van der Waals surface area contributed by atoms with Gasteiger partial charge in [-0.25, -0.2) is 0 Å². The van der Waals surface area contributed by atoms with Crippen molar-refractivity contribution in [3.63, 3.8) is 0 Å². The van der Waals surface area contributed by atoms with E-state index in [0.29, 0.717) is 43.3 Å². The van der Waals surface area contributed by atoms with Gasteiger partial charge in [0.15, 0.2) is 23.1 Å². The monoisotopic (exact) mass is 819 g/mol. The van der Waals surface area contributed by atoms with Crippen LogP contribution < -0.4 is 9.64 Å². The summed E-state index contributed by atoms with van der Waals surface area (Å²) in [5, 5.41) is 11.0. The Hall–Kier alpha value is -4.60. The molecule has 4 aromatic carbocycles. The molecule has 262 valence electrons. The lowest BCUT2D eigenvalue weighted by atomic mass is 9.44. The van der Waals surface area contributed by atoms with Crippen molar-refractivity contribution in [2.75, 3.05) is 12.0 Å². The van der Waals surface area contributed by atoms with Gasteiger partial charge in [0.25, 0.3) is 0 Å². The Bertz CT molecular complexity index is 2210. The molecule has 1 saturated carbocycles. The van der Waals surface area contributed by atoms with E-state index in [-0.39, 0.29) is 41.3 Å². The SMILES string of the molecule is CCc1ccc(N2C(=O)C3CC=C4C(CC5C(=O)C(c6ccccc6)=CC(=O)C5(c5ccccc5)C4c4cc(OC)c(O)c(Br)c4Br)C3C2=O)cc1. The zero-order valence-electron chi connectivity index (χ0n) is 28.5. The zero-order chi connectivity index (χ0) is 36.5. The Morgan fingerprint density at radius 3 is 2.19 bits per heavy atom. The lowest BCUT2D eigenvalue weighted by molar-refractivity contribution is -0.135. The molecule has 0 bridgehead atoms. The zero-order valence-corrected chi connectivity index (χ0v) is 31.7. The van der Waals surface area contributed by atoms with E-state index in [1.54, 1.807) is 6.07 Å². The number of phenols is 1. The summed E-state index contributed by atoms with van der Waals surface area (Å²) < 4.78 is 6.47. The molecule has 1 N–H and O–H groups in total. The quantitative estimate of drug-likeness (QED) is 0.155. The predicted octanol–water partition coefficient (Wildman–Crippen LogP) is 8.52. The second-order valence-corrected chi connectivity index (χ2v) is 15.5. The van der Waals surface area contributed by atoms with E-state index >= 15 is 9.59 Å². The first-order valence-corrected chi connectivity index (χ1v) is 19.0. The van der Waals surface area contributed by atoms with Crippen LogP contribution in [-0.2, 0) is 31.0 Å². The van der Waals surface area contributed by atoms with Crippen LogP contribution in [0.1, 0.15) is 47.9 Å². The van der Waals surface area contributed by atoms with Crippen molar-refractivity contribution in [1.29, 1.82) is 0 Å². The first kappa shape index (κ1) is 34.5. The lowest BCUT2D eigenvalue weighted by Gasteiger charge is -2.55. The molecule has 1 heterocycles. The molecule has 8 rings (SSSR count). The van der Waals surface area contributed by atoms with E-state index in [0.717, 1.165) is 17.6 Å². The highest BCUT2D eigenvalue weighted by Gasteiger charge is 2.66. The van der Waals surface area contributed by atoms with Gasteiger partial charge in [-0.3, -0.25) is 24.1 Å². The third-order valence-electron chi connectivity index (χ3n) is 11.7. The van der Waals surface area contributed by atoms with Gasteiger partial charge < -0.3 is 9.84 Å². The number of hydrogen-bond acceptors (Lipinski definition) is 6. The number of halogens is 2. The Morgan fingerprint density at radius 2 is 1.54 bits per heavy atom. The average Bonchev–Trinajstić information content (AvgIpc) is 3.44. The predicted molar refractivity (Wildman–Crippen MR) is 205 cm³/mol. The number of methoxy groups -OCH3 is 1. The second kappa shape index (κ2) is 13.1. The first-order chi connectivity index (χ1) is 25.1. The van der Waals surface area contributed by atoms with Crippen LogP contribution in [0.15, 0.2) is 118 Å². The van der Waals surface area contributed by atoms with E-state index < -0.39 is 35.0 Å². The minimum Gasteiger partial charge on any atom is -0.503 e. The molecule has 0 spiro atoms. The molecule has 6 unspecified atom stereocenters. The maximum atomic E-state index is 15.3. The maximum Gasteiger partial charge on any atom is 0.238 e. The number of imide groups is 1. The first-order valence-electron chi connectivity index (χ1n) is 17.5. The van der Waals surface area contributed by atoms with Crippen molar-refractivity contribution in [1.82, 2.24) is 0 Å². The highest BCUT2D eigenvalue weighted by Crippen LogP contribution is 2.65. The topological polar surface area (TPSA) is 101 Å². The van der Waals surface area contributed by atoms with Crippen molar-refractivity contribution >= 4 is 66.5 Å². The second-order valence-electron chi connectivity index (χ2n) is 14.0. The Morgan fingerprint density at radius 1 is 0.865 bits per heavy atom. The molecule has 0 aromatic heterocycles. The third-order valence-corrected chi connectivity index (χ3v) is 13.8. The Labute approximate surface area is 318 Å². The standard InChI is InChI=1S/C43H35Br2NO6/c1-3-23-14-16-26(17-15-23)46-41(50)28-19-18-27-30(35(28)42(46)51)20-32-39(48)29(24-10-6-4-7-11-24)22-34(47)43(32,25-12-8-5-9-13-25)36(27)31-21-33(52-2)40(49)38(45)37(31)44/h4-18,21-22,28,30,32,35-36,49H,3,19-20H2,1-2H3. The van der Waals surface area contributed by atoms with Crippen molar-refractivity contribution in [2.45, 2.75) is 37.5 Å². The van der Waals surface area contributed by atoms with Crippen LogP contribution in [0.25, 0.3) is 5.57 Å². The van der Waals surface area contributed by atoms with Gasteiger partial charge in [-0.1, -0.05) is 91.4 Å². The Balaban J connectivity index is 1.38. The average molecular weight is 822 g/mol. The van der Waals surface area contributed by atoms with Crippen LogP contribution in [0.2, 0.25) is 0 Å². The van der Waals surface area contributed by atoms with Crippen LogP contribution in [-0.4, -0.2) is 35.6 Å². The summed E-state index contributed by atoms with van der Waals surface area (Å²) in [5.41, 5.74) is 3.30. The number of phenolic OH excluding ortho intramolecular Hbond substituents is 1. The molecule has 1 saturated heterocycles. The number of nitrogens with zero attached hydrogens (tertiary/aromatic N) is 1. The van der Waals surface area contributed by atoms with Gasteiger partial charge in [-0.15, -0.1) is 0 Å². The molecule has 9 heteroatoms. The molecule has 7 nitrogen and oxygen atoms in total. The number of anilines is 1. The number of fused-ring (bicyclic) bond motifs is 4. The van der Waals surface area contributed by atoms with Crippen LogP contribution in [0.5, 0.6) is 11.5 Å². The van der Waals surface area contributed by atoms with Crippen molar-refractivity contribution < 1.29 is 29.0 Å². The van der Waals surface area contributed by atoms with Crippen molar-refractivity contribution in [2.24, 2.45) is 23.7 Å². The van der Waals surface area contributed by atoms with Gasteiger partial charge in [-0.2, -0.15) is 0 Å². The number of aromatic hydroxyl groups is 1. The van der Waals surface area contributed by atoms with Crippen molar-refractivity contribution in [3.05, 3.63) is 140 Å². The van der Waals surface area contributed by atoms with Crippen LogP contribution in [0.3, 0.4) is 0 Å². The third kappa shape index (κ3) is 4.95. The summed E-state index contributed by atoms with van der Waals surface area (Å²) >= 11 is 7.29. The number of carbonyl (C=O) groups is 4. The number of benzene rings is 4. The highest BCUT2D eigenvalue weighted by atomic mass is 79.9. The van der Waals surface area contributed by atoms with Crippen LogP contribution >= 0.6 is 31.9 Å². The van der Waals surface area contributed by atoms with E-state index in [1.807, 2.05) is 97.9 Å². The minimum absolute atomic E-state index is 0.118. The smallest absolute Gasteiger partial charge is 0.238 e. The van der Waals surface area contributed by atoms with Gasteiger partial charge in [0, 0.05) is 21.9 Å².